The molecule has 8 nitrogen and oxygen atoms in total. The van der Waals surface area contributed by atoms with Gasteiger partial charge in [0.25, 0.3) is 0 Å². The van der Waals surface area contributed by atoms with Crippen LogP contribution in [-0.4, -0.2) is 34.7 Å². The van der Waals surface area contributed by atoms with Gasteiger partial charge in [-0.25, -0.2) is 4.98 Å². The molecule has 1 heterocycles. The quantitative estimate of drug-likeness (QED) is 0.601. The Morgan fingerprint density at radius 2 is 2.50 bits per heavy atom. The number of nitriles is 1. The SMILES string of the molecule is CCOC1CC(N)C1Nc1nccc(C#N)c1[N+](=O)[O-]. The lowest BCUT2D eigenvalue weighted by Crippen LogP contribution is -2.60. The van der Waals surface area contributed by atoms with Crippen LogP contribution in [0.5, 0.6) is 0 Å². The van der Waals surface area contributed by atoms with Crippen LogP contribution in [0.4, 0.5) is 11.5 Å². The highest BCUT2D eigenvalue weighted by atomic mass is 16.6. The molecule has 2 rings (SSSR count). The van der Waals surface area contributed by atoms with Gasteiger partial charge in [-0.05, 0) is 19.4 Å². The summed E-state index contributed by atoms with van der Waals surface area (Å²) in [5, 5.41) is 22.9. The monoisotopic (exact) mass is 277 g/mol. The van der Waals surface area contributed by atoms with Crippen molar-refractivity contribution in [1.29, 1.82) is 5.26 Å². The van der Waals surface area contributed by atoms with E-state index < -0.39 is 4.92 Å². The Balaban J connectivity index is 2.25. The summed E-state index contributed by atoms with van der Waals surface area (Å²) in [4.78, 5) is 14.4. The predicted molar refractivity (Wildman–Crippen MR) is 71.0 cm³/mol. The van der Waals surface area contributed by atoms with E-state index in [1.165, 1.54) is 12.3 Å². The fraction of sp³-hybridized carbons (Fsp3) is 0.500. The Morgan fingerprint density at radius 1 is 1.75 bits per heavy atom. The second kappa shape index (κ2) is 5.81. The Morgan fingerprint density at radius 3 is 3.05 bits per heavy atom. The highest BCUT2D eigenvalue weighted by molar-refractivity contribution is 5.64. The fourth-order valence-electron chi connectivity index (χ4n) is 2.22. The predicted octanol–water partition coefficient (Wildman–Crippen LogP) is 0.778. The smallest absolute Gasteiger partial charge is 0.328 e. The highest BCUT2D eigenvalue weighted by Gasteiger charge is 2.40. The number of hydrogen-bond acceptors (Lipinski definition) is 7. The van der Waals surface area contributed by atoms with Crippen molar-refractivity contribution in [3.05, 3.63) is 27.9 Å². The topological polar surface area (TPSA) is 127 Å². The average Bonchev–Trinajstić information content (AvgIpc) is 2.43. The van der Waals surface area contributed by atoms with E-state index in [2.05, 4.69) is 10.3 Å². The molecule has 0 amide bonds. The molecule has 1 aromatic heterocycles. The molecular weight excluding hydrogens is 262 g/mol. The van der Waals surface area contributed by atoms with Gasteiger partial charge in [-0.1, -0.05) is 0 Å². The highest BCUT2D eigenvalue weighted by Crippen LogP contribution is 2.31. The molecule has 1 aromatic rings. The van der Waals surface area contributed by atoms with Gasteiger partial charge < -0.3 is 15.8 Å². The standard InChI is InChI=1S/C12H15N5O3/c1-2-20-9-5-8(14)10(9)16-12-11(17(18)19)7(6-13)3-4-15-12/h3-4,8-10H,2,5,14H2,1H3,(H,15,16). The van der Waals surface area contributed by atoms with Crippen LogP contribution >= 0.6 is 0 Å². The maximum Gasteiger partial charge on any atom is 0.328 e. The van der Waals surface area contributed by atoms with Crippen molar-refractivity contribution in [3.8, 4) is 6.07 Å². The van der Waals surface area contributed by atoms with Crippen molar-refractivity contribution in [2.24, 2.45) is 5.73 Å². The molecule has 0 spiro atoms. The number of nitrogens with zero attached hydrogens (tertiary/aromatic N) is 3. The average molecular weight is 277 g/mol. The number of hydrogen-bond donors (Lipinski definition) is 2. The Hall–Kier alpha value is -2.24. The molecule has 0 radical (unpaired) electrons. The third kappa shape index (κ3) is 2.54. The zero-order valence-electron chi connectivity index (χ0n) is 10.9. The van der Waals surface area contributed by atoms with Crippen LogP contribution < -0.4 is 11.1 Å². The first-order valence-electron chi connectivity index (χ1n) is 6.25. The van der Waals surface area contributed by atoms with E-state index in [9.17, 15) is 10.1 Å². The molecule has 0 aliphatic heterocycles. The van der Waals surface area contributed by atoms with E-state index >= 15 is 0 Å². The Labute approximate surface area is 115 Å². The molecule has 8 heteroatoms. The lowest BCUT2D eigenvalue weighted by molar-refractivity contribution is -0.384. The number of nitro groups is 1. The van der Waals surface area contributed by atoms with Gasteiger partial charge in [0, 0.05) is 18.8 Å². The molecule has 3 unspecified atom stereocenters. The second-order valence-corrected chi connectivity index (χ2v) is 4.49. The van der Waals surface area contributed by atoms with Crippen LogP contribution in [-0.2, 0) is 4.74 Å². The maximum absolute atomic E-state index is 11.1. The largest absolute Gasteiger partial charge is 0.376 e. The lowest BCUT2D eigenvalue weighted by atomic mass is 9.83. The van der Waals surface area contributed by atoms with Crippen LogP contribution in [0.25, 0.3) is 0 Å². The van der Waals surface area contributed by atoms with Gasteiger partial charge in [0.2, 0.25) is 5.82 Å². The first-order chi connectivity index (χ1) is 9.58. The van der Waals surface area contributed by atoms with E-state index in [-0.39, 0.29) is 35.3 Å². The number of nitrogens with two attached hydrogens (primary N) is 1. The molecule has 3 atom stereocenters. The fourth-order valence-corrected chi connectivity index (χ4v) is 2.22. The van der Waals surface area contributed by atoms with Gasteiger partial charge in [-0.2, -0.15) is 5.26 Å². The molecule has 1 aliphatic rings. The number of nitrogens with one attached hydrogen (secondary N) is 1. The zero-order valence-corrected chi connectivity index (χ0v) is 10.9. The molecule has 0 saturated heterocycles. The first kappa shape index (κ1) is 14.2. The van der Waals surface area contributed by atoms with Gasteiger partial charge in [-0.3, -0.25) is 10.1 Å². The summed E-state index contributed by atoms with van der Waals surface area (Å²) < 4.78 is 5.48. The van der Waals surface area contributed by atoms with Gasteiger partial charge in [0.05, 0.1) is 17.1 Å². The Kier molecular flexibility index (Phi) is 4.12. The third-order valence-electron chi connectivity index (χ3n) is 3.28. The van der Waals surface area contributed by atoms with Gasteiger partial charge in [0.1, 0.15) is 11.6 Å². The molecule has 1 fully saturated rings. The van der Waals surface area contributed by atoms with E-state index in [1.807, 2.05) is 6.92 Å². The molecule has 0 bridgehead atoms. The maximum atomic E-state index is 11.1. The van der Waals surface area contributed by atoms with Crippen LogP contribution in [0.3, 0.4) is 0 Å². The molecule has 106 valence electrons. The minimum absolute atomic E-state index is 0.0339. The number of anilines is 1. The minimum atomic E-state index is -0.617. The molecule has 1 saturated carbocycles. The van der Waals surface area contributed by atoms with Crippen molar-refractivity contribution >= 4 is 11.5 Å². The van der Waals surface area contributed by atoms with Crippen LogP contribution in [0.2, 0.25) is 0 Å². The van der Waals surface area contributed by atoms with Gasteiger partial charge in [0.15, 0.2) is 0 Å². The van der Waals surface area contributed by atoms with E-state index in [1.54, 1.807) is 6.07 Å². The number of rotatable bonds is 5. The molecule has 20 heavy (non-hydrogen) atoms. The van der Waals surface area contributed by atoms with E-state index in [0.717, 1.165) is 0 Å². The van der Waals surface area contributed by atoms with Gasteiger partial charge >= 0.3 is 5.69 Å². The van der Waals surface area contributed by atoms with Crippen molar-refractivity contribution in [1.82, 2.24) is 4.98 Å². The van der Waals surface area contributed by atoms with Crippen molar-refractivity contribution in [2.45, 2.75) is 31.5 Å². The Bertz CT molecular complexity index is 555. The van der Waals surface area contributed by atoms with E-state index in [0.29, 0.717) is 13.0 Å². The summed E-state index contributed by atoms with van der Waals surface area (Å²) in [6, 6.07) is 2.70. The minimum Gasteiger partial charge on any atom is -0.376 e. The van der Waals surface area contributed by atoms with Crippen LogP contribution in [0.15, 0.2) is 12.3 Å². The van der Waals surface area contributed by atoms with Crippen molar-refractivity contribution in [3.63, 3.8) is 0 Å². The summed E-state index contributed by atoms with van der Waals surface area (Å²) >= 11 is 0. The van der Waals surface area contributed by atoms with E-state index in [4.69, 9.17) is 15.7 Å². The second-order valence-electron chi connectivity index (χ2n) is 4.49. The lowest BCUT2D eigenvalue weighted by Gasteiger charge is -2.42. The zero-order chi connectivity index (χ0) is 14.7. The molecule has 3 N–H and O–H groups in total. The van der Waals surface area contributed by atoms with Crippen LogP contribution in [0.1, 0.15) is 18.9 Å². The molecular formula is C12H15N5O3. The van der Waals surface area contributed by atoms with Crippen molar-refractivity contribution < 1.29 is 9.66 Å². The summed E-state index contributed by atoms with van der Waals surface area (Å²) in [5.74, 6) is 0.0545. The first-order valence-corrected chi connectivity index (χ1v) is 6.25. The normalized spacial score (nSPS) is 24.6. The summed E-state index contributed by atoms with van der Waals surface area (Å²) in [6.07, 6.45) is 1.95. The number of pyridine rings is 1. The third-order valence-corrected chi connectivity index (χ3v) is 3.28. The molecule has 1 aliphatic carbocycles. The van der Waals surface area contributed by atoms with Crippen LogP contribution in [0, 0.1) is 21.4 Å². The summed E-state index contributed by atoms with van der Waals surface area (Å²) in [6.45, 7) is 2.42. The number of ether oxygens (including phenoxy) is 1. The van der Waals surface area contributed by atoms with Crippen molar-refractivity contribution in [2.75, 3.05) is 11.9 Å². The van der Waals surface area contributed by atoms with Gasteiger partial charge in [-0.15, -0.1) is 0 Å². The number of aromatic nitrogens is 1. The molecule has 0 aromatic carbocycles. The summed E-state index contributed by atoms with van der Waals surface area (Å²) in [7, 11) is 0. The summed E-state index contributed by atoms with van der Waals surface area (Å²) in [5.41, 5.74) is 5.52.